The number of amides is 1. The zero-order chi connectivity index (χ0) is 13.7. The van der Waals surface area contributed by atoms with Gasteiger partial charge in [-0.25, -0.2) is 0 Å². The lowest BCUT2D eigenvalue weighted by Crippen LogP contribution is -2.29. The molecular formula is C15H23ClN2O2. The second-order valence-corrected chi connectivity index (χ2v) is 4.98. The quantitative estimate of drug-likeness (QED) is 0.878. The van der Waals surface area contributed by atoms with Crippen molar-refractivity contribution in [1.29, 1.82) is 0 Å². The molecule has 0 spiro atoms. The first-order chi connectivity index (χ1) is 9.24. The molecule has 0 radical (unpaired) electrons. The first-order valence-electron chi connectivity index (χ1n) is 6.98. The van der Waals surface area contributed by atoms with Gasteiger partial charge in [-0.2, -0.15) is 0 Å². The van der Waals surface area contributed by atoms with Crippen LogP contribution in [0.2, 0.25) is 0 Å². The Morgan fingerprint density at radius 1 is 1.45 bits per heavy atom. The van der Waals surface area contributed by atoms with E-state index in [0.717, 1.165) is 30.7 Å². The fourth-order valence-electron chi connectivity index (χ4n) is 2.73. The first-order valence-corrected chi connectivity index (χ1v) is 6.98. The minimum Gasteiger partial charge on any atom is -0.494 e. The Morgan fingerprint density at radius 2 is 2.25 bits per heavy atom. The summed E-state index contributed by atoms with van der Waals surface area (Å²) in [5.41, 5.74) is 6.51. The van der Waals surface area contributed by atoms with Crippen molar-refractivity contribution in [2.75, 3.05) is 18.5 Å². The molecule has 1 aliphatic carbocycles. The number of hydrogen-bond donors (Lipinski definition) is 2. The van der Waals surface area contributed by atoms with Crippen LogP contribution in [0.5, 0.6) is 5.75 Å². The number of benzene rings is 1. The zero-order valence-electron chi connectivity index (χ0n) is 11.8. The fourth-order valence-corrected chi connectivity index (χ4v) is 2.73. The summed E-state index contributed by atoms with van der Waals surface area (Å²) in [5.74, 6) is 1.25. The van der Waals surface area contributed by atoms with E-state index in [-0.39, 0.29) is 24.2 Å². The van der Waals surface area contributed by atoms with Gasteiger partial charge < -0.3 is 15.8 Å². The largest absolute Gasteiger partial charge is 0.494 e. The first kappa shape index (κ1) is 16.8. The predicted octanol–water partition coefficient (Wildman–Crippen LogP) is 2.82. The van der Waals surface area contributed by atoms with E-state index in [1.54, 1.807) is 0 Å². The van der Waals surface area contributed by atoms with Crippen molar-refractivity contribution in [3.63, 3.8) is 0 Å². The van der Waals surface area contributed by atoms with Gasteiger partial charge in [0, 0.05) is 17.7 Å². The van der Waals surface area contributed by atoms with Crippen molar-refractivity contribution < 1.29 is 9.53 Å². The van der Waals surface area contributed by atoms with Crippen LogP contribution in [-0.2, 0) is 4.79 Å². The van der Waals surface area contributed by atoms with Crippen molar-refractivity contribution in [2.45, 2.75) is 26.2 Å². The van der Waals surface area contributed by atoms with E-state index in [1.165, 1.54) is 0 Å². The second-order valence-electron chi connectivity index (χ2n) is 4.98. The Labute approximate surface area is 126 Å². The highest BCUT2D eigenvalue weighted by Crippen LogP contribution is 2.32. The molecule has 20 heavy (non-hydrogen) atoms. The lowest BCUT2D eigenvalue weighted by Gasteiger charge is -2.17. The smallest absolute Gasteiger partial charge is 0.227 e. The van der Waals surface area contributed by atoms with Crippen LogP contribution in [0.3, 0.4) is 0 Å². The predicted molar refractivity (Wildman–Crippen MR) is 83.4 cm³/mol. The summed E-state index contributed by atoms with van der Waals surface area (Å²) in [5, 5.41) is 2.97. The maximum absolute atomic E-state index is 12.2. The summed E-state index contributed by atoms with van der Waals surface area (Å²) >= 11 is 0. The lowest BCUT2D eigenvalue weighted by molar-refractivity contribution is -0.120. The highest BCUT2D eigenvalue weighted by Gasteiger charge is 2.31. The van der Waals surface area contributed by atoms with Crippen LogP contribution in [0, 0.1) is 11.8 Å². The van der Waals surface area contributed by atoms with Gasteiger partial charge in [0.15, 0.2) is 0 Å². The van der Waals surface area contributed by atoms with E-state index in [9.17, 15) is 4.79 Å². The Balaban J connectivity index is 0.00000200. The molecule has 3 N–H and O–H groups in total. The minimum atomic E-state index is 0. The summed E-state index contributed by atoms with van der Waals surface area (Å²) in [7, 11) is 0. The number of nitrogens with two attached hydrogens (primary N) is 1. The molecule has 0 heterocycles. The van der Waals surface area contributed by atoms with Crippen molar-refractivity contribution in [3.8, 4) is 5.75 Å². The topological polar surface area (TPSA) is 64.3 Å². The molecule has 1 aromatic carbocycles. The van der Waals surface area contributed by atoms with E-state index in [4.69, 9.17) is 10.5 Å². The molecule has 1 fully saturated rings. The Kier molecular flexibility index (Phi) is 6.82. The van der Waals surface area contributed by atoms with E-state index >= 15 is 0 Å². The van der Waals surface area contributed by atoms with Crippen molar-refractivity contribution >= 4 is 24.0 Å². The molecule has 112 valence electrons. The Hall–Kier alpha value is -1.26. The van der Waals surface area contributed by atoms with Crippen LogP contribution in [0.15, 0.2) is 24.3 Å². The van der Waals surface area contributed by atoms with Gasteiger partial charge in [-0.05, 0) is 44.4 Å². The number of rotatable bonds is 5. The molecule has 0 bridgehead atoms. The van der Waals surface area contributed by atoms with E-state index in [1.807, 2.05) is 31.2 Å². The molecule has 1 aliphatic rings. The molecular weight excluding hydrogens is 276 g/mol. The van der Waals surface area contributed by atoms with Crippen LogP contribution in [0.4, 0.5) is 5.69 Å². The summed E-state index contributed by atoms with van der Waals surface area (Å²) in [4.78, 5) is 12.2. The highest BCUT2D eigenvalue weighted by molar-refractivity contribution is 5.93. The maximum Gasteiger partial charge on any atom is 0.227 e. The lowest BCUT2D eigenvalue weighted by atomic mass is 9.95. The SMILES string of the molecule is CCOc1cccc(NC(=O)[C@@H]2CCC[C@@H]2CN)c1.Cl. The molecule has 2 rings (SSSR count). The highest BCUT2D eigenvalue weighted by atomic mass is 35.5. The summed E-state index contributed by atoms with van der Waals surface area (Å²) in [6.07, 6.45) is 3.10. The van der Waals surface area contributed by atoms with Gasteiger partial charge >= 0.3 is 0 Å². The number of carbonyl (C=O) groups excluding carboxylic acids is 1. The number of halogens is 1. The normalized spacial score (nSPS) is 21.1. The zero-order valence-corrected chi connectivity index (χ0v) is 12.6. The van der Waals surface area contributed by atoms with Gasteiger partial charge in [0.1, 0.15) is 5.75 Å². The van der Waals surface area contributed by atoms with Crippen LogP contribution in [-0.4, -0.2) is 19.1 Å². The van der Waals surface area contributed by atoms with Crippen LogP contribution in [0.1, 0.15) is 26.2 Å². The van der Waals surface area contributed by atoms with E-state index < -0.39 is 0 Å². The van der Waals surface area contributed by atoms with E-state index in [0.29, 0.717) is 19.1 Å². The molecule has 1 aromatic rings. The minimum absolute atomic E-state index is 0. The van der Waals surface area contributed by atoms with E-state index in [2.05, 4.69) is 5.32 Å². The average Bonchev–Trinajstić information content (AvgIpc) is 2.88. The van der Waals surface area contributed by atoms with Crippen LogP contribution < -0.4 is 15.8 Å². The molecule has 0 aromatic heterocycles. The molecule has 0 aliphatic heterocycles. The number of carbonyl (C=O) groups is 1. The third-order valence-corrected chi connectivity index (χ3v) is 3.71. The second kappa shape index (κ2) is 8.12. The van der Waals surface area contributed by atoms with Gasteiger partial charge in [0.05, 0.1) is 6.61 Å². The van der Waals surface area contributed by atoms with Crippen molar-refractivity contribution in [3.05, 3.63) is 24.3 Å². The van der Waals surface area contributed by atoms with Gasteiger partial charge in [-0.3, -0.25) is 4.79 Å². The standard InChI is InChI=1S/C15H22N2O2.ClH/c1-2-19-13-7-4-6-12(9-13)17-15(18)14-8-3-5-11(14)10-16;/h4,6-7,9,11,14H,2-3,5,8,10,16H2,1H3,(H,17,18);1H/t11-,14-;/m1./s1. The number of nitrogens with one attached hydrogen (secondary N) is 1. The van der Waals surface area contributed by atoms with Crippen LogP contribution in [0.25, 0.3) is 0 Å². The molecule has 1 saturated carbocycles. The van der Waals surface area contributed by atoms with Gasteiger partial charge in [0.2, 0.25) is 5.91 Å². The third kappa shape index (κ3) is 4.12. The molecule has 5 heteroatoms. The van der Waals surface area contributed by atoms with Gasteiger partial charge in [-0.1, -0.05) is 12.5 Å². The summed E-state index contributed by atoms with van der Waals surface area (Å²) < 4.78 is 5.42. The number of anilines is 1. The monoisotopic (exact) mass is 298 g/mol. The maximum atomic E-state index is 12.2. The average molecular weight is 299 g/mol. The van der Waals surface area contributed by atoms with Crippen molar-refractivity contribution in [2.24, 2.45) is 17.6 Å². The molecule has 2 atom stereocenters. The molecule has 0 saturated heterocycles. The number of hydrogen-bond acceptors (Lipinski definition) is 3. The molecule has 0 unspecified atom stereocenters. The third-order valence-electron chi connectivity index (χ3n) is 3.71. The number of ether oxygens (including phenoxy) is 1. The summed E-state index contributed by atoms with van der Waals surface area (Å²) in [6, 6.07) is 7.51. The molecule has 4 nitrogen and oxygen atoms in total. The van der Waals surface area contributed by atoms with Gasteiger partial charge in [0.25, 0.3) is 0 Å². The van der Waals surface area contributed by atoms with Gasteiger partial charge in [-0.15, -0.1) is 12.4 Å². The summed E-state index contributed by atoms with van der Waals surface area (Å²) in [6.45, 7) is 3.15. The fraction of sp³-hybridized carbons (Fsp3) is 0.533. The van der Waals surface area contributed by atoms with Crippen molar-refractivity contribution in [1.82, 2.24) is 0 Å². The van der Waals surface area contributed by atoms with Crippen LogP contribution >= 0.6 is 12.4 Å². The Morgan fingerprint density at radius 3 is 2.95 bits per heavy atom. The molecule has 1 amide bonds. The Bertz CT molecular complexity index is 440.